The molecule has 2 heteroatoms. The molecule has 2 fully saturated rings. The van der Waals surface area contributed by atoms with Crippen LogP contribution in [0.1, 0.15) is 39.5 Å². The van der Waals surface area contributed by atoms with Crippen molar-refractivity contribution in [3.8, 4) is 0 Å². The molecular formula is C10H20N2. The minimum absolute atomic E-state index is 0.744. The molecule has 1 N–H and O–H groups in total. The van der Waals surface area contributed by atoms with Crippen molar-refractivity contribution in [2.45, 2.75) is 51.6 Å². The Bertz CT molecular complexity index is 142. The normalized spacial score (nSPS) is 37.2. The monoisotopic (exact) mass is 168 g/mol. The van der Waals surface area contributed by atoms with Gasteiger partial charge in [-0.25, -0.2) is 5.01 Å². The van der Waals surface area contributed by atoms with Gasteiger partial charge in [0.05, 0.1) is 0 Å². The molecular weight excluding hydrogens is 148 g/mol. The van der Waals surface area contributed by atoms with Crippen LogP contribution in [0.25, 0.3) is 0 Å². The minimum Gasteiger partial charge on any atom is -0.252 e. The van der Waals surface area contributed by atoms with Crippen LogP contribution in [0.3, 0.4) is 0 Å². The molecule has 0 aromatic heterocycles. The van der Waals surface area contributed by atoms with Crippen LogP contribution in [-0.2, 0) is 0 Å². The second-order valence-electron chi connectivity index (χ2n) is 4.56. The molecule has 2 aliphatic rings. The Hall–Kier alpha value is -0.0800. The average molecular weight is 168 g/mol. The lowest BCUT2D eigenvalue weighted by atomic mass is 9.95. The third kappa shape index (κ3) is 1.50. The van der Waals surface area contributed by atoms with E-state index >= 15 is 0 Å². The molecule has 2 aliphatic heterocycles. The Morgan fingerprint density at radius 2 is 2.17 bits per heavy atom. The Morgan fingerprint density at radius 3 is 2.83 bits per heavy atom. The van der Waals surface area contributed by atoms with Crippen LogP contribution in [0, 0.1) is 5.92 Å². The molecule has 2 heterocycles. The highest BCUT2D eigenvalue weighted by Crippen LogP contribution is 2.27. The van der Waals surface area contributed by atoms with E-state index in [2.05, 4.69) is 24.3 Å². The van der Waals surface area contributed by atoms with Crippen LogP contribution in [0.15, 0.2) is 0 Å². The molecule has 0 radical (unpaired) electrons. The van der Waals surface area contributed by atoms with E-state index in [1.807, 2.05) is 0 Å². The molecule has 0 saturated carbocycles. The van der Waals surface area contributed by atoms with Gasteiger partial charge in [0, 0.05) is 18.6 Å². The minimum atomic E-state index is 0.744. The highest BCUT2D eigenvalue weighted by atomic mass is 15.6. The van der Waals surface area contributed by atoms with Crippen molar-refractivity contribution >= 4 is 0 Å². The fraction of sp³-hybridized carbons (Fsp3) is 1.00. The van der Waals surface area contributed by atoms with Gasteiger partial charge >= 0.3 is 0 Å². The van der Waals surface area contributed by atoms with E-state index < -0.39 is 0 Å². The summed E-state index contributed by atoms with van der Waals surface area (Å²) in [6.07, 6.45) is 5.61. The number of fused-ring (bicyclic) bond motifs is 1. The SMILES string of the molecule is CC(C)C1CC2CCCCN2N1. The van der Waals surface area contributed by atoms with Gasteiger partial charge < -0.3 is 0 Å². The third-order valence-electron chi connectivity index (χ3n) is 3.29. The maximum absolute atomic E-state index is 3.63. The van der Waals surface area contributed by atoms with Gasteiger partial charge in [-0.1, -0.05) is 20.3 Å². The maximum atomic E-state index is 3.63. The van der Waals surface area contributed by atoms with E-state index in [1.54, 1.807) is 0 Å². The standard InChI is InChI=1S/C10H20N2/c1-8(2)10-7-9-5-3-4-6-12(9)11-10/h8-11H,3-7H2,1-2H3. The number of nitrogens with zero attached hydrogens (tertiary/aromatic N) is 1. The van der Waals surface area contributed by atoms with Gasteiger partial charge in [-0.05, 0) is 25.2 Å². The highest BCUT2D eigenvalue weighted by molar-refractivity contribution is 4.88. The molecule has 0 aromatic rings. The molecule has 2 saturated heterocycles. The van der Waals surface area contributed by atoms with Crippen LogP contribution >= 0.6 is 0 Å². The van der Waals surface area contributed by atoms with Crippen molar-refractivity contribution in [1.82, 2.24) is 10.4 Å². The lowest BCUT2D eigenvalue weighted by molar-refractivity contribution is 0.134. The zero-order valence-electron chi connectivity index (χ0n) is 8.21. The Balaban J connectivity index is 1.94. The summed E-state index contributed by atoms with van der Waals surface area (Å²) in [6.45, 7) is 5.90. The molecule has 2 nitrogen and oxygen atoms in total. The van der Waals surface area contributed by atoms with Crippen molar-refractivity contribution in [3.63, 3.8) is 0 Å². The van der Waals surface area contributed by atoms with Gasteiger partial charge in [0.2, 0.25) is 0 Å². The molecule has 12 heavy (non-hydrogen) atoms. The molecule has 2 atom stereocenters. The largest absolute Gasteiger partial charge is 0.252 e. The van der Waals surface area contributed by atoms with Crippen LogP contribution in [0.4, 0.5) is 0 Å². The zero-order valence-corrected chi connectivity index (χ0v) is 8.21. The average Bonchev–Trinajstić information content (AvgIpc) is 2.46. The number of nitrogens with one attached hydrogen (secondary N) is 1. The molecule has 2 unspecified atom stereocenters. The van der Waals surface area contributed by atoms with Crippen molar-refractivity contribution in [3.05, 3.63) is 0 Å². The first kappa shape index (κ1) is 8.52. The van der Waals surface area contributed by atoms with E-state index in [1.165, 1.54) is 32.2 Å². The quantitative estimate of drug-likeness (QED) is 0.642. The van der Waals surface area contributed by atoms with Crippen LogP contribution in [0.5, 0.6) is 0 Å². The number of rotatable bonds is 1. The maximum Gasteiger partial charge on any atom is 0.0259 e. The Morgan fingerprint density at radius 1 is 1.33 bits per heavy atom. The fourth-order valence-corrected chi connectivity index (χ4v) is 2.40. The molecule has 0 aliphatic carbocycles. The van der Waals surface area contributed by atoms with E-state index in [0.29, 0.717) is 0 Å². The summed E-state index contributed by atoms with van der Waals surface area (Å²) in [7, 11) is 0. The van der Waals surface area contributed by atoms with Gasteiger partial charge in [0.1, 0.15) is 0 Å². The molecule has 2 rings (SSSR count). The lowest BCUT2D eigenvalue weighted by Crippen LogP contribution is -2.43. The lowest BCUT2D eigenvalue weighted by Gasteiger charge is -2.28. The highest BCUT2D eigenvalue weighted by Gasteiger charge is 2.34. The summed E-state index contributed by atoms with van der Waals surface area (Å²) in [5, 5.41) is 2.48. The number of hydrogen-bond donors (Lipinski definition) is 1. The van der Waals surface area contributed by atoms with Crippen LogP contribution in [-0.4, -0.2) is 23.6 Å². The molecule has 0 amide bonds. The number of hydrazine groups is 1. The summed E-state index contributed by atoms with van der Waals surface area (Å²) < 4.78 is 0. The van der Waals surface area contributed by atoms with Gasteiger partial charge in [0.25, 0.3) is 0 Å². The molecule has 0 spiro atoms. The van der Waals surface area contributed by atoms with Crippen LogP contribution < -0.4 is 5.43 Å². The van der Waals surface area contributed by atoms with E-state index in [0.717, 1.165) is 18.0 Å². The van der Waals surface area contributed by atoms with Crippen molar-refractivity contribution in [2.75, 3.05) is 6.54 Å². The summed E-state index contributed by atoms with van der Waals surface area (Å²) >= 11 is 0. The topological polar surface area (TPSA) is 15.3 Å². The zero-order chi connectivity index (χ0) is 8.55. The van der Waals surface area contributed by atoms with Gasteiger partial charge in [-0.3, -0.25) is 5.43 Å². The smallest absolute Gasteiger partial charge is 0.0259 e. The predicted octanol–water partition coefficient (Wildman–Crippen LogP) is 1.77. The van der Waals surface area contributed by atoms with Crippen molar-refractivity contribution in [2.24, 2.45) is 5.92 Å². The first-order valence-corrected chi connectivity index (χ1v) is 5.30. The van der Waals surface area contributed by atoms with Gasteiger partial charge in [-0.15, -0.1) is 0 Å². The van der Waals surface area contributed by atoms with E-state index in [-0.39, 0.29) is 0 Å². The predicted molar refractivity (Wildman–Crippen MR) is 50.7 cm³/mol. The van der Waals surface area contributed by atoms with Crippen molar-refractivity contribution in [1.29, 1.82) is 0 Å². The number of piperidine rings is 1. The number of hydrogen-bond acceptors (Lipinski definition) is 2. The summed E-state index contributed by atoms with van der Waals surface area (Å²) in [5.74, 6) is 0.788. The van der Waals surface area contributed by atoms with E-state index in [9.17, 15) is 0 Å². The second kappa shape index (κ2) is 3.35. The Kier molecular flexibility index (Phi) is 2.37. The molecule has 0 bridgehead atoms. The van der Waals surface area contributed by atoms with Gasteiger partial charge in [0.15, 0.2) is 0 Å². The summed E-state index contributed by atoms with van der Waals surface area (Å²) in [6, 6.07) is 1.60. The molecule has 0 aromatic carbocycles. The summed E-state index contributed by atoms with van der Waals surface area (Å²) in [5.41, 5.74) is 3.63. The molecule has 70 valence electrons. The third-order valence-corrected chi connectivity index (χ3v) is 3.29. The second-order valence-corrected chi connectivity index (χ2v) is 4.56. The first-order chi connectivity index (χ1) is 5.77. The van der Waals surface area contributed by atoms with E-state index in [4.69, 9.17) is 0 Å². The fourth-order valence-electron chi connectivity index (χ4n) is 2.40. The van der Waals surface area contributed by atoms with Gasteiger partial charge in [-0.2, -0.15) is 0 Å². The first-order valence-electron chi connectivity index (χ1n) is 5.30. The summed E-state index contributed by atoms with van der Waals surface area (Å²) in [4.78, 5) is 0. The Labute approximate surface area is 75.3 Å². The van der Waals surface area contributed by atoms with Crippen LogP contribution in [0.2, 0.25) is 0 Å². The van der Waals surface area contributed by atoms with Crippen molar-refractivity contribution < 1.29 is 0 Å².